The summed E-state index contributed by atoms with van der Waals surface area (Å²) >= 11 is 0. The molecule has 0 radical (unpaired) electrons. The Kier molecular flexibility index (Phi) is 2.73. The quantitative estimate of drug-likeness (QED) is 0.729. The summed E-state index contributed by atoms with van der Waals surface area (Å²) in [5.41, 5.74) is 2.68. The standard InChI is InChI=1S/C12H16O2/c1-9-4-2-6-11-10(9)5-3-7-12(11)14-8-13/h3,5,7,9,13H,2,4,6,8H2,1H3/t9-/m1/s1. The molecule has 0 aliphatic heterocycles. The molecule has 0 fully saturated rings. The highest BCUT2D eigenvalue weighted by Gasteiger charge is 2.19. The molecule has 2 heteroatoms. The minimum Gasteiger partial charge on any atom is -0.467 e. The molecule has 1 aromatic rings. The molecule has 2 nitrogen and oxygen atoms in total. The van der Waals surface area contributed by atoms with E-state index in [-0.39, 0.29) is 6.79 Å². The molecule has 0 saturated carbocycles. The SMILES string of the molecule is C[C@@H]1CCCc2c(OCO)cccc21. The third-order valence-corrected chi connectivity index (χ3v) is 2.98. The van der Waals surface area contributed by atoms with Crippen molar-refractivity contribution in [3.05, 3.63) is 29.3 Å². The van der Waals surface area contributed by atoms with Gasteiger partial charge in [0.25, 0.3) is 0 Å². The Morgan fingerprint density at radius 1 is 1.50 bits per heavy atom. The van der Waals surface area contributed by atoms with Crippen LogP contribution in [0.3, 0.4) is 0 Å². The summed E-state index contributed by atoms with van der Waals surface area (Å²) < 4.78 is 5.21. The Morgan fingerprint density at radius 3 is 3.14 bits per heavy atom. The van der Waals surface area contributed by atoms with Crippen molar-refractivity contribution < 1.29 is 9.84 Å². The van der Waals surface area contributed by atoms with Crippen molar-refractivity contribution in [2.75, 3.05) is 6.79 Å². The van der Waals surface area contributed by atoms with Crippen LogP contribution in [0.1, 0.15) is 36.8 Å². The molecule has 2 rings (SSSR count). The summed E-state index contributed by atoms with van der Waals surface area (Å²) in [7, 11) is 0. The topological polar surface area (TPSA) is 29.5 Å². The first-order chi connectivity index (χ1) is 6.83. The van der Waals surface area contributed by atoms with Crippen molar-refractivity contribution in [1.82, 2.24) is 0 Å². The van der Waals surface area contributed by atoms with Gasteiger partial charge in [-0.2, -0.15) is 0 Å². The third-order valence-electron chi connectivity index (χ3n) is 2.98. The van der Waals surface area contributed by atoms with Gasteiger partial charge in [-0.1, -0.05) is 19.1 Å². The fourth-order valence-electron chi connectivity index (χ4n) is 2.26. The van der Waals surface area contributed by atoms with E-state index in [4.69, 9.17) is 9.84 Å². The van der Waals surface area contributed by atoms with E-state index >= 15 is 0 Å². The smallest absolute Gasteiger partial charge is 0.186 e. The molecule has 76 valence electrons. The van der Waals surface area contributed by atoms with Crippen LogP contribution in [0.25, 0.3) is 0 Å². The highest BCUT2D eigenvalue weighted by atomic mass is 16.6. The number of fused-ring (bicyclic) bond motifs is 1. The fourth-order valence-corrected chi connectivity index (χ4v) is 2.26. The highest BCUT2D eigenvalue weighted by Crippen LogP contribution is 2.36. The van der Waals surface area contributed by atoms with Gasteiger partial charge in [0.2, 0.25) is 0 Å². The molecule has 0 spiro atoms. The summed E-state index contributed by atoms with van der Waals surface area (Å²) in [4.78, 5) is 0. The maximum Gasteiger partial charge on any atom is 0.186 e. The zero-order valence-corrected chi connectivity index (χ0v) is 8.49. The van der Waals surface area contributed by atoms with Crippen LogP contribution < -0.4 is 4.74 Å². The van der Waals surface area contributed by atoms with E-state index in [1.54, 1.807) is 0 Å². The molecule has 1 N–H and O–H groups in total. The Labute approximate surface area is 84.5 Å². The van der Waals surface area contributed by atoms with Gasteiger partial charge in [-0.15, -0.1) is 0 Å². The molecule has 1 aliphatic rings. The monoisotopic (exact) mass is 192 g/mol. The van der Waals surface area contributed by atoms with E-state index in [1.165, 1.54) is 24.0 Å². The minimum atomic E-state index is -0.231. The number of aliphatic hydroxyl groups is 1. The first-order valence-electron chi connectivity index (χ1n) is 5.18. The van der Waals surface area contributed by atoms with Crippen molar-refractivity contribution in [3.63, 3.8) is 0 Å². The molecule has 1 aliphatic carbocycles. The minimum absolute atomic E-state index is 0.231. The van der Waals surface area contributed by atoms with Crippen molar-refractivity contribution in [2.24, 2.45) is 0 Å². The first-order valence-corrected chi connectivity index (χ1v) is 5.18. The zero-order chi connectivity index (χ0) is 9.97. The largest absolute Gasteiger partial charge is 0.467 e. The van der Waals surface area contributed by atoms with Crippen LogP contribution in [-0.2, 0) is 6.42 Å². The molecule has 1 aromatic carbocycles. The molecule has 0 heterocycles. The number of ether oxygens (including phenoxy) is 1. The van der Waals surface area contributed by atoms with Crippen LogP contribution in [-0.4, -0.2) is 11.9 Å². The average Bonchev–Trinajstić information content (AvgIpc) is 2.20. The summed E-state index contributed by atoms with van der Waals surface area (Å²) in [6.45, 7) is 2.02. The molecule has 1 atom stereocenters. The molecule has 0 unspecified atom stereocenters. The summed E-state index contributed by atoms with van der Waals surface area (Å²) in [5, 5.41) is 8.76. The Bertz CT molecular complexity index is 320. The maximum absolute atomic E-state index is 8.76. The Morgan fingerprint density at radius 2 is 2.36 bits per heavy atom. The van der Waals surface area contributed by atoms with E-state index < -0.39 is 0 Å². The molecular formula is C12H16O2. The Hall–Kier alpha value is -1.02. The Balaban J connectivity index is 2.39. The molecule has 0 amide bonds. The lowest BCUT2D eigenvalue weighted by atomic mass is 9.83. The van der Waals surface area contributed by atoms with Crippen molar-refractivity contribution >= 4 is 0 Å². The fraction of sp³-hybridized carbons (Fsp3) is 0.500. The second-order valence-corrected chi connectivity index (χ2v) is 3.89. The lowest BCUT2D eigenvalue weighted by Crippen LogP contribution is -2.09. The number of rotatable bonds is 2. The van der Waals surface area contributed by atoms with Gasteiger partial charge < -0.3 is 9.84 Å². The first kappa shape index (κ1) is 9.53. The lowest BCUT2D eigenvalue weighted by Gasteiger charge is -2.24. The molecule has 0 aromatic heterocycles. The predicted molar refractivity (Wildman–Crippen MR) is 55.5 cm³/mol. The van der Waals surface area contributed by atoms with Crippen molar-refractivity contribution in [3.8, 4) is 5.75 Å². The average molecular weight is 192 g/mol. The van der Waals surface area contributed by atoms with Gasteiger partial charge in [-0.05, 0) is 42.4 Å². The van der Waals surface area contributed by atoms with Crippen LogP contribution >= 0.6 is 0 Å². The highest BCUT2D eigenvalue weighted by molar-refractivity contribution is 5.43. The molecule has 14 heavy (non-hydrogen) atoms. The normalized spacial score (nSPS) is 20.3. The van der Waals surface area contributed by atoms with Gasteiger partial charge in [0.15, 0.2) is 6.79 Å². The summed E-state index contributed by atoms with van der Waals surface area (Å²) in [6, 6.07) is 6.11. The van der Waals surface area contributed by atoms with E-state index in [9.17, 15) is 0 Å². The van der Waals surface area contributed by atoms with Gasteiger partial charge in [0.1, 0.15) is 5.75 Å². The van der Waals surface area contributed by atoms with Gasteiger partial charge in [0, 0.05) is 0 Å². The van der Waals surface area contributed by atoms with Gasteiger partial charge >= 0.3 is 0 Å². The van der Waals surface area contributed by atoms with Gasteiger partial charge in [-0.3, -0.25) is 0 Å². The number of hydrogen-bond donors (Lipinski definition) is 1. The van der Waals surface area contributed by atoms with Crippen LogP contribution in [0.5, 0.6) is 5.75 Å². The van der Waals surface area contributed by atoms with E-state index in [0.29, 0.717) is 5.92 Å². The number of aliphatic hydroxyl groups excluding tert-OH is 1. The lowest BCUT2D eigenvalue weighted by molar-refractivity contribution is 0.0972. The number of benzene rings is 1. The molecule has 0 bridgehead atoms. The van der Waals surface area contributed by atoms with Crippen molar-refractivity contribution in [2.45, 2.75) is 32.1 Å². The molecule has 0 saturated heterocycles. The molecular weight excluding hydrogens is 176 g/mol. The third kappa shape index (κ3) is 1.62. The zero-order valence-electron chi connectivity index (χ0n) is 8.49. The van der Waals surface area contributed by atoms with Crippen molar-refractivity contribution in [1.29, 1.82) is 0 Å². The van der Waals surface area contributed by atoms with E-state index in [0.717, 1.165) is 12.2 Å². The summed E-state index contributed by atoms with van der Waals surface area (Å²) in [5.74, 6) is 1.48. The number of hydrogen-bond acceptors (Lipinski definition) is 2. The van der Waals surface area contributed by atoms with E-state index in [1.807, 2.05) is 12.1 Å². The van der Waals surface area contributed by atoms with Gasteiger partial charge in [0.05, 0.1) is 0 Å². The predicted octanol–water partition coefficient (Wildman–Crippen LogP) is 2.46. The summed E-state index contributed by atoms with van der Waals surface area (Å²) in [6.07, 6.45) is 3.56. The second kappa shape index (κ2) is 4.01. The van der Waals surface area contributed by atoms with Gasteiger partial charge in [-0.25, -0.2) is 0 Å². The van der Waals surface area contributed by atoms with Crippen LogP contribution in [0.15, 0.2) is 18.2 Å². The maximum atomic E-state index is 8.76. The van der Waals surface area contributed by atoms with E-state index in [2.05, 4.69) is 13.0 Å². The van der Waals surface area contributed by atoms with Crippen LogP contribution in [0.2, 0.25) is 0 Å². The second-order valence-electron chi connectivity index (χ2n) is 3.89. The van der Waals surface area contributed by atoms with Crippen LogP contribution in [0.4, 0.5) is 0 Å². The van der Waals surface area contributed by atoms with Crippen LogP contribution in [0, 0.1) is 0 Å².